The van der Waals surface area contributed by atoms with Crippen LogP contribution in [0.2, 0.25) is 5.02 Å². The number of aryl methyl sites for hydroxylation is 2. The number of H-pyrrole nitrogens is 3. The van der Waals surface area contributed by atoms with Crippen LogP contribution in [0.25, 0.3) is 22.5 Å². The molecule has 0 fully saturated rings. The topological polar surface area (TPSA) is 365 Å². The number of imidazole rings is 1. The highest BCUT2D eigenvalue weighted by Gasteiger charge is 2.40. The lowest BCUT2D eigenvalue weighted by Gasteiger charge is -2.31. The number of carbonyl (C=O) groups excluding carboxylic acids is 3. The molecule has 422 valence electrons. The molecule has 0 bridgehead atoms. The Bertz CT molecular complexity index is 3540. The maximum Gasteiger partial charge on any atom is 0.519 e. The molecule has 26 heteroatoms. The molecule has 1 atom stereocenters. The van der Waals surface area contributed by atoms with Crippen molar-refractivity contribution in [3.05, 3.63) is 183 Å². The lowest BCUT2D eigenvalue weighted by molar-refractivity contribution is -0.139. The van der Waals surface area contributed by atoms with Gasteiger partial charge in [-0.05, 0) is 74.6 Å². The smallest absolute Gasteiger partial charge is 0.477 e. The van der Waals surface area contributed by atoms with Crippen molar-refractivity contribution < 1.29 is 57.2 Å². The summed E-state index contributed by atoms with van der Waals surface area (Å²) in [6, 6.07) is 23.6. The van der Waals surface area contributed by atoms with Crippen LogP contribution in [0, 0.1) is 6.92 Å². The van der Waals surface area contributed by atoms with Crippen molar-refractivity contribution >= 4 is 35.5 Å². The number of carboxylic acid groups (broad SMARTS) is 1. The molecule has 1 aliphatic heterocycles. The molecule has 8 rings (SSSR count). The summed E-state index contributed by atoms with van der Waals surface area (Å²) in [5, 5.41) is 37.1. The van der Waals surface area contributed by atoms with Gasteiger partial charge in [-0.3, -0.25) is 9.78 Å². The average molecular weight is 1120 g/mol. The number of aromatic nitrogens is 8. The Balaban J connectivity index is 0.000000227. The van der Waals surface area contributed by atoms with E-state index in [4.69, 9.17) is 50.2 Å². The first kappa shape index (κ1) is 60.2. The van der Waals surface area contributed by atoms with Crippen molar-refractivity contribution in [3.63, 3.8) is 0 Å². The van der Waals surface area contributed by atoms with E-state index in [-0.39, 0.29) is 48.3 Å². The number of esters is 3. The number of aliphatic hydroxyl groups is 1. The van der Waals surface area contributed by atoms with E-state index in [0.29, 0.717) is 65.3 Å². The number of nitrogens with two attached hydrogens (primary N) is 1. The maximum absolute atomic E-state index is 13.5. The molecule has 8 N–H and O–H groups in total. The number of nitrogens with zero attached hydrogens (tertiary/aromatic N) is 5. The fourth-order valence-electron chi connectivity index (χ4n) is 8.30. The molecule has 0 amide bonds. The van der Waals surface area contributed by atoms with Crippen molar-refractivity contribution in [2.45, 2.75) is 79.1 Å². The summed E-state index contributed by atoms with van der Waals surface area (Å²) in [5.41, 5.74) is 8.32. The van der Waals surface area contributed by atoms with Crippen LogP contribution in [-0.2, 0) is 53.7 Å². The van der Waals surface area contributed by atoms with Gasteiger partial charge >= 0.3 is 35.4 Å². The van der Waals surface area contributed by atoms with E-state index < -0.39 is 58.2 Å². The fraction of sp³-hybridized carbons (Fsp3) is 0.315. The van der Waals surface area contributed by atoms with E-state index >= 15 is 0 Å². The van der Waals surface area contributed by atoms with Crippen LogP contribution in [0.5, 0.6) is 0 Å². The zero-order chi connectivity index (χ0) is 58.3. The van der Waals surface area contributed by atoms with Gasteiger partial charge in [-0.15, -0.1) is 10.2 Å². The number of hydrogen-bond donors (Lipinski definition) is 7. The molecule has 25 nitrogen and oxygen atoms in total. The molecule has 1 aliphatic rings. The fourth-order valence-corrected chi connectivity index (χ4v) is 8.55. The van der Waals surface area contributed by atoms with Crippen molar-refractivity contribution in [1.82, 2.24) is 45.5 Å². The number of ether oxygens (including phenoxy) is 4. The molecular weight excluding hydrogens is 1060 g/mol. The second kappa shape index (κ2) is 27.5. The van der Waals surface area contributed by atoms with Crippen LogP contribution in [0.1, 0.15) is 102 Å². The third-order valence-electron chi connectivity index (χ3n) is 11.8. The van der Waals surface area contributed by atoms with Crippen molar-refractivity contribution in [3.8, 4) is 22.5 Å². The molecule has 0 aliphatic carbocycles. The van der Waals surface area contributed by atoms with Crippen LogP contribution in [0.3, 0.4) is 0 Å². The molecule has 4 aromatic heterocycles. The number of aromatic amines is 3. The normalized spacial score (nSPS) is 13.1. The minimum atomic E-state index is -1.41. The largest absolute Gasteiger partial charge is 0.519 e. The third kappa shape index (κ3) is 14.9. The number of methoxy groups -OCH3 is 1. The zero-order valence-electron chi connectivity index (χ0n) is 44.6. The van der Waals surface area contributed by atoms with Gasteiger partial charge in [-0.2, -0.15) is 5.21 Å². The first-order valence-electron chi connectivity index (χ1n) is 24.8. The van der Waals surface area contributed by atoms with E-state index in [1.165, 1.54) is 7.11 Å². The summed E-state index contributed by atoms with van der Waals surface area (Å²) in [6.07, 6.45) is 1.37. The zero-order valence-corrected chi connectivity index (χ0v) is 45.4. The van der Waals surface area contributed by atoms with Gasteiger partial charge in [0, 0.05) is 41.9 Å². The standard InChI is InChI=1S/C29H30N6O6.C20H25ClN2O5.C5H4N2O4/c1-5-8-23-30-25(29(3,4)38)24(27(36)39-16-22-17(2)40-28(37)41-22)35(23)15-18-11-13-19(14-12-18)20-9-6-7-10-21(20)26-31-33-34-32-26;1-4-28-20(25)18-15(11-27-10-9-22)23-12(2)16(19(24)26-3)17(18)13-7-5-6-8-14(13)21;8-3-1-2(4(9)10)6-5(11)7-3/h6-7,9-14,38H,5,8,15-16H2,1-4H3,(H,31,32,33,34);5-8,17,23H,4,9-11,22H2,1-3H3;1H,(H,9,10)(H2,6,7,8,11). The number of dihydropyridines is 1. The van der Waals surface area contributed by atoms with Crippen molar-refractivity contribution in [2.24, 2.45) is 5.73 Å². The Hall–Kier alpha value is -9.04. The lowest BCUT2D eigenvalue weighted by Crippen LogP contribution is -2.35. The van der Waals surface area contributed by atoms with E-state index in [0.717, 1.165) is 34.7 Å². The SMILES string of the molecule is CCCc1nc(C(C)(C)O)c(C(=O)OCc2oc(=O)oc2C)n1Cc1ccc(-c2ccccc2-c2nn[nH]n2)cc1.CCOC(=O)C1=C(COCCN)NC(C)=C(C(=O)OC)C1c1ccccc1Cl.O=C(O)c1cc(=O)[nH]c(=O)[nH]1. The minimum Gasteiger partial charge on any atom is -0.477 e. The van der Waals surface area contributed by atoms with Gasteiger partial charge in [0.2, 0.25) is 5.82 Å². The van der Waals surface area contributed by atoms with Gasteiger partial charge in [0.15, 0.2) is 23.8 Å². The second-order valence-corrected chi connectivity index (χ2v) is 18.4. The second-order valence-electron chi connectivity index (χ2n) is 18.0. The number of hydrogen-bond acceptors (Lipinski definition) is 20. The summed E-state index contributed by atoms with van der Waals surface area (Å²) in [4.78, 5) is 89.9. The number of halogens is 1. The molecule has 7 aromatic rings. The van der Waals surface area contributed by atoms with Gasteiger partial charge in [-0.25, -0.2) is 33.8 Å². The van der Waals surface area contributed by atoms with Gasteiger partial charge in [0.1, 0.15) is 22.8 Å². The molecule has 80 heavy (non-hydrogen) atoms. The van der Waals surface area contributed by atoms with Crippen LogP contribution in [0.15, 0.2) is 125 Å². The first-order valence-corrected chi connectivity index (χ1v) is 25.1. The number of tetrazole rings is 1. The Morgan fingerprint density at radius 1 is 0.875 bits per heavy atom. The Morgan fingerprint density at radius 3 is 2.16 bits per heavy atom. The van der Waals surface area contributed by atoms with Crippen molar-refractivity contribution in [1.29, 1.82) is 0 Å². The minimum absolute atomic E-state index is 0.109. The molecular formula is C54H59ClN10O15. The molecule has 0 saturated heterocycles. The van der Waals surface area contributed by atoms with Gasteiger partial charge in [0.25, 0.3) is 5.56 Å². The number of allylic oxidation sites excluding steroid dienone is 1. The molecule has 5 heterocycles. The lowest BCUT2D eigenvalue weighted by atomic mass is 9.80. The summed E-state index contributed by atoms with van der Waals surface area (Å²) in [6.45, 7) is 11.1. The Labute approximate surface area is 460 Å². The van der Waals surface area contributed by atoms with E-state index in [9.17, 15) is 38.7 Å². The summed E-state index contributed by atoms with van der Waals surface area (Å²) in [7, 11) is 1.29. The van der Waals surface area contributed by atoms with Crippen LogP contribution < -0.4 is 28.1 Å². The van der Waals surface area contributed by atoms with Crippen LogP contribution >= 0.6 is 11.6 Å². The van der Waals surface area contributed by atoms with E-state index in [1.807, 2.05) is 65.4 Å². The number of carboxylic acids is 1. The predicted octanol–water partition coefficient (Wildman–Crippen LogP) is 5.20. The van der Waals surface area contributed by atoms with Gasteiger partial charge < -0.3 is 58.6 Å². The van der Waals surface area contributed by atoms with Gasteiger partial charge in [-0.1, -0.05) is 85.3 Å². The number of carbonyl (C=O) groups is 4. The predicted molar refractivity (Wildman–Crippen MR) is 287 cm³/mol. The van der Waals surface area contributed by atoms with E-state index in [2.05, 4.69) is 30.9 Å². The molecule has 0 saturated carbocycles. The van der Waals surface area contributed by atoms with Crippen molar-refractivity contribution in [2.75, 3.05) is 33.5 Å². The monoisotopic (exact) mass is 1120 g/mol. The number of benzene rings is 3. The summed E-state index contributed by atoms with van der Waals surface area (Å²) in [5.74, 6) is -3.29. The molecule has 0 spiro atoms. The summed E-state index contributed by atoms with van der Waals surface area (Å²) >= 11 is 6.42. The highest BCUT2D eigenvalue weighted by atomic mass is 35.5. The number of aromatic carboxylic acids is 1. The van der Waals surface area contributed by atoms with Crippen LogP contribution in [0.4, 0.5) is 0 Å². The average Bonchev–Trinajstić information content (AvgIpc) is 4.33. The highest BCUT2D eigenvalue weighted by Crippen LogP contribution is 2.42. The number of rotatable bonds is 19. The van der Waals surface area contributed by atoms with Crippen LogP contribution in [-0.4, -0.2) is 108 Å². The molecule has 0 radical (unpaired) electrons. The molecule has 3 aromatic carbocycles. The highest BCUT2D eigenvalue weighted by molar-refractivity contribution is 6.31. The van der Waals surface area contributed by atoms with Gasteiger partial charge in [0.05, 0.1) is 49.7 Å². The summed E-state index contributed by atoms with van der Waals surface area (Å²) < 4.78 is 32.9. The number of nitrogens with one attached hydrogen (secondary N) is 4. The van der Waals surface area contributed by atoms with E-state index in [1.54, 1.807) is 63.5 Å². The third-order valence-corrected chi connectivity index (χ3v) is 12.2. The quantitative estimate of drug-likeness (QED) is 0.0311. The first-order chi connectivity index (χ1) is 38.2. The Kier molecular flexibility index (Phi) is 20.7. The maximum atomic E-state index is 13.5. The Morgan fingerprint density at radius 2 is 1.57 bits per heavy atom. The molecule has 1 unspecified atom stereocenters.